The van der Waals surface area contributed by atoms with Gasteiger partial charge in [-0.25, -0.2) is 9.18 Å². The van der Waals surface area contributed by atoms with Gasteiger partial charge in [0.1, 0.15) is 11.6 Å². The quantitative estimate of drug-likeness (QED) is 0.542. The van der Waals surface area contributed by atoms with Crippen LogP contribution in [0, 0.1) is 19.7 Å². The Kier molecular flexibility index (Phi) is 6.30. The summed E-state index contributed by atoms with van der Waals surface area (Å²) < 4.78 is 20.2. The van der Waals surface area contributed by atoms with Crippen molar-refractivity contribution in [1.29, 1.82) is 0 Å². The van der Waals surface area contributed by atoms with Gasteiger partial charge in [-0.2, -0.15) is 5.10 Å². The first-order valence-corrected chi connectivity index (χ1v) is 9.43. The van der Waals surface area contributed by atoms with Gasteiger partial charge in [-0.3, -0.25) is 4.68 Å². The predicted molar refractivity (Wildman–Crippen MR) is 113 cm³/mol. The Morgan fingerprint density at radius 2 is 1.93 bits per heavy atom. The zero-order chi connectivity index (χ0) is 21.1. The number of hydrogen-bond donors (Lipinski definition) is 2. The summed E-state index contributed by atoms with van der Waals surface area (Å²) in [5, 5.41) is 10.8. The molecule has 152 valence electrons. The van der Waals surface area contributed by atoms with Gasteiger partial charge < -0.3 is 15.4 Å². The molecule has 29 heavy (non-hydrogen) atoms. The lowest BCUT2D eigenvalue weighted by atomic mass is 10.2. The molecule has 0 radical (unpaired) electrons. The van der Waals surface area contributed by atoms with Gasteiger partial charge in [-0.1, -0.05) is 29.3 Å². The molecular formula is C20H19Cl2FN4O2. The largest absolute Gasteiger partial charge is 0.495 e. The maximum atomic E-state index is 13.3. The molecular weight excluding hydrogens is 418 g/mol. The maximum Gasteiger partial charge on any atom is 0.323 e. The van der Waals surface area contributed by atoms with Crippen LogP contribution in [0.3, 0.4) is 0 Å². The third-order valence-electron chi connectivity index (χ3n) is 4.36. The van der Waals surface area contributed by atoms with Crippen LogP contribution < -0.4 is 15.4 Å². The van der Waals surface area contributed by atoms with Crippen molar-refractivity contribution in [1.82, 2.24) is 9.78 Å². The predicted octanol–water partition coefficient (Wildman–Crippen LogP) is 5.65. The zero-order valence-electron chi connectivity index (χ0n) is 16.0. The summed E-state index contributed by atoms with van der Waals surface area (Å²) in [6, 6.07) is 8.68. The zero-order valence-corrected chi connectivity index (χ0v) is 17.5. The molecule has 2 aromatic carbocycles. The lowest BCUT2D eigenvalue weighted by molar-refractivity contribution is 0.262. The number of nitrogens with zero attached hydrogens (tertiary/aromatic N) is 2. The molecule has 1 aromatic heterocycles. The molecule has 0 unspecified atom stereocenters. The number of nitrogens with one attached hydrogen (secondary N) is 2. The molecule has 1 heterocycles. The lowest BCUT2D eigenvalue weighted by Gasteiger charge is -2.12. The number of urea groups is 1. The Labute approximate surface area is 177 Å². The number of rotatable bonds is 5. The van der Waals surface area contributed by atoms with Crippen molar-refractivity contribution >= 4 is 40.6 Å². The monoisotopic (exact) mass is 436 g/mol. The molecule has 0 spiro atoms. The standard InChI is InChI=1S/C20H19Cl2FN4O2/c1-11-19(25-20(28)24-17-8-14(21)5-7-18(17)29-3)12(2)27(26-11)10-13-4-6-15(23)9-16(13)22/h4-9H,10H2,1-3H3,(H2,24,25,28). The van der Waals surface area contributed by atoms with E-state index in [1.54, 1.807) is 35.9 Å². The SMILES string of the molecule is COc1ccc(Cl)cc1NC(=O)Nc1c(C)nn(Cc2ccc(F)cc2Cl)c1C. The molecule has 2 N–H and O–H groups in total. The number of aryl methyl sites for hydroxylation is 1. The van der Waals surface area contributed by atoms with E-state index < -0.39 is 11.8 Å². The molecule has 0 aliphatic heterocycles. The minimum Gasteiger partial charge on any atom is -0.495 e. The van der Waals surface area contributed by atoms with Gasteiger partial charge in [0, 0.05) is 10.0 Å². The summed E-state index contributed by atoms with van der Waals surface area (Å²) in [6.07, 6.45) is 0. The van der Waals surface area contributed by atoms with E-state index in [-0.39, 0.29) is 0 Å². The van der Waals surface area contributed by atoms with Crippen LogP contribution in [0.2, 0.25) is 10.0 Å². The normalized spacial score (nSPS) is 10.7. The molecule has 0 bridgehead atoms. The number of hydrogen-bond acceptors (Lipinski definition) is 3. The van der Waals surface area contributed by atoms with Crippen molar-refractivity contribution in [3.63, 3.8) is 0 Å². The molecule has 0 saturated heterocycles. The number of carbonyl (C=O) groups excluding carboxylic acids is 1. The Balaban J connectivity index is 1.78. The maximum absolute atomic E-state index is 13.3. The summed E-state index contributed by atoms with van der Waals surface area (Å²) in [4.78, 5) is 12.5. The van der Waals surface area contributed by atoms with Crippen molar-refractivity contribution in [2.75, 3.05) is 17.7 Å². The molecule has 3 rings (SSSR count). The van der Waals surface area contributed by atoms with Crippen LogP contribution >= 0.6 is 23.2 Å². The van der Waals surface area contributed by atoms with Gasteiger partial charge in [-0.05, 0) is 49.7 Å². The number of ether oxygens (including phenoxy) is 1. The Bertz CT molecular complexity index is 1070. The Morgan fingerprint density at radius 1 is 1.17 bits per heavy atom. The summed E-state index contributed by atoms with van der Waals surface area (Å²) in [5.74, 6) is 0.0854. The van der Waals surface area contributed by atoms with Crippen LogP contribution in [0.15, 0.2) is 36.4 Å². The van der Waals surface area contributed by atoms with Crippen molar-refractivity contribution in [2.45, 2.75) is 20.4 Å². The second kappa shape index (κ2) is 8.71. The number of carbonyl (C=O) groups is 1. The van der Waals surface area contributed by atoms with Crippen LogP contribution in [0.4, 0.5) is 20.6 Å². The van der Waals surface area contributed by atoms with Crippen LogP contribution in [0.1, 0.15) is 17.0 Å². The minimum atomic E-state index is -0.462. The second-order valence-electron chi connectivity index (χ2n) is 6.36. The van der Waals surface area contributed by atoms with Crippen molar-refractivity contribution < 1.29 is 13.9 Å². The van der Waals surface area contributed by atoms with Crippen LogP contribution in [-0.2, 0) is 6.54 Å². The molecule has 3 aromatic rings. The molecule has 2 amide bonds. The minimum absolute atomic E-state index is 0.317. The van der Waals surface area contributed by atoms with Gasteiger partial charge in [0.25, 0.3) is 0 Å². The number of amides is 2. The highest BCUT2D eigenvalue weighted by molar-refractivity contribution is 6.31. The smallest absolute Gasteiger partial charge is 0.323 e. The van der Waals surface area contributed by atoms with Crippen molar-refractivity contribution in [2.24, 2.45) is 0 Å². The van der Waals surface area contributed by atoms with E-state index in [9.17, 15) is 9.18 Å². The van der Waals surface area contributed by atoms with Crippen LogP contribution in [0.5, 0.6) is 5.75 Å². The van der Waals surface area contributed by atoms with E-state index in [1.807, 2.05) is 6.92 Å². The van der Waals surface area contributed by atoms with Gasteiger partial charge in [0.15, 0.2) is 0 Å². The number of anilines is 2. The summed E-state index contributed by atoms with van der Waals surface area (Å²) in [6.45, 7) is 3.95. The van der Waals surface area contributed by atoms with E-state index in [4.69, 9.17) is 27.9 Å². The van der Waals surface area contributed by atoms with Crippen LogP contribution in [0.25, 0.3) is 0 Å². The highest BCUT2D eigenvalue weighted by Crippen LogP contribution is 2.28. The van der Waals surface area contributed by atoms with Gasteiger partial charge >= 0.3 is 6.03 Å². The third-order valence-corrected chi connectivity index (χ3v) is 4.95. The highest BCUT2D eigenvalue weighted by Gasteiger charge is 2.16. The summed E-state index contributed by atoms with van der Waals surface area (Å²) >= 11 is 12.1. The van der Waals surface area contributed by atoms with E-state index in [0.29, 0.717) is 39.4 Å². The first kappa shape index (κ1) is 21.0. The van der Waals surface area contributed by atoms with Crippen molar-refractivity contribution in [3.8, 4) is 5.75 Å². The summed E-state index contributed by atoms with van der Waals surface area (Å²) in [5.41, 5.74) is 3.10. The van der Waals surface area contributed by atoms with Gasteiger partial charge in [0.2, 0.25) is 0 Å². The number of methoxy groups -OCH3 is 1. The van der Waals surface area contributed by atoms with E-state index >= 15 is 0 Å². The molecule has 0 saturated carbocycles. The number of halogens is 3. The molecule has 0 fully saturated rings. The Hall–Kier alpha value is -2.77. The number of aromatic nitrogens is 2. The molecule has 6 nitrogen and oxygen atoms in total. The van der Waals surface area contributed by atoms with Gasteiger partial charge in [-0.15, -0.1) is 0 Å². The van der Waals surface area contributed by atoms with E-state index in [1.165, 1.54) is 19.2 Å². The van der Waals surface area contributed by atoms with E-state index in [0.717, 1.165) is 11.3 Å². The molecule has 0 aliphatic rings. The second-order valence-corrected chi connectivity index (χ2v) is 7.21. The average molecular weight is 437 g/mol. The van der Waals surface area contributed by atoms with Gasteiger partial charge in [0.05, 0.1) is 36.4 Å². The number of benzene rings is 2. The first-order valence-electron chi connectivity index (χ1n) is 8.68. The average Bonchev–Trinajstić information content (AvgIpc) is 2.91. The summed E-state index contributed by atoms with van der Waals surface area (Å²) in [7, 11) is 1.51. The third kappa shape index (κ3) is 4.81. The highest BCUT2D eigenvalue weighted by atomic mass is 35.5. The fourth-order valence-corrected chi connectivity index (χ4v) is 3.29. The van der Waals surface area contributed by atoms with Crippen LogP contribution in [-0.4, -0.2) is 22.9 Å². The molecule has 0 aliphatic carbocycles. The first-order chi connectivity index (χ1) is 13.8. The lowest BCUT2D eigenvalue weighted by Crippen LogP contribution is -2.20. The van der Waals surface area contributed by atoms with E-state index in [2.05, 4.69) is 15.7 Å². The molecule has 9 heteroatoms. The fraction of sp³-hybridized carbons (Fsp3) is 0.200. The van der Waals surface area contributed by atoms with Crippen molar-refractivity contribution in [3.05, 3.63) is 69.2 Å². The topological polar surface area (TPSA) is 68.2 Å². The fourth-order valence-electron chi connectivity index (χ4n) is 2.89. The Morgan fingerprint density at radius 3 is 2.62 bits per heavy atom. The molecule has 0 atom stereocenters.